The molecule has 1 saturated carbocycles. The number of hydrogen-bond acceptors (Lipinski definition) is 1. The van der Waals surface area contributed by atoms with Crippen molar-refractivity contribution in [3.63, 3.8) is 0 Å². The van der Waals surface area contributed by atoms with E-state index in [0.717, 1.165) is 18.9 Å². The van der Waals surface area contributed by atoms with Gasteiger partial charge in [0, 0.05) is 6.04 Å². The molecule has 3 heteroatoms. The molecule has 0 spiro atoms. The lowest BCUT2D eigenvalue weighted by Crippen LogP contribution is -2.41. The molecule has 0 bridgehead atoms. The second-order valence-electron chi connectivity index (χ2n) is 5.80. The van der Waals surface area contributed by atoms with Gasteiger partial charge in [-0.15, -0.1) is 0 Å². The first kappa shape index (κ1) is 15.2. The molecule has 1 N–H and O–H groups in total. The second-order valence-corrected chi connectivity index (χ2v) is 6.61. The predicted molar refractivity (Wildman–Crippen MR) is 84.1 cm³/mol. The van der Waals surface area contributed by atoms with Crippen LogP contribution in [0.2, 0.25) is 10.0 Å². The van der Waals surface area contributed by atoms with Gasteiger partial charge in [-0.2, -0.15) is 0 Å². The van der Waals surface area contributed by atoms with Crippen molar-refractivity contribution in [2.45, 2.75) is 45.6 Å². The van der Waals surface area contributed by atoms with Crippen molar-refractivity contribution in [3.05, 3.63) is 33.8 Å². The zero-order valence-electron chi connectivity index (χ0n) is 11.8. The highest BCUT2D eigenvalue weighted by atomic mass is 35.5. The van der Waals surface area contributed by atoms with Gasteiger partial charge in [0.05, 0.1) is 10.0 Å². The Bertz CT molecular complexity index is 419. The van der Waals surface area contributed by atoms with Crippen molar-refractivity contribution in [2.75, 3.05) is 6.54 Å². The van der Waals surface area contributed by atoms with Gasteiger partial charge in [-0.3, -0.25) is 0 Å². The molecule has 0 amide bonds. The summed E-state index contributed by atoms with van der Waals surface area (Å²) < 4.78 is 0. The van der Waals surface area contributed by atoms with Crippen LogP contribution in [0.15, 0.2) is 18.2 Å². The molecule has 3 atom stereocenters. The summed E-state index contributed by atoms with van der Waals surface area (Å²) in [5, 5.41) is 4.96. The normalized spacial score (nSPS) is 27.5. The summed E-state index contributed by atoms with van der Waals surface area (Å²) in [6.45, 7) is 5.61. The zero-order chi connectivity index (χ0) is 13.8. The SMILES string of the molecule is CCNC1CCC(C)CC1Cc1ccc(Cl)c(Cl)c1. The molecule has 1 aliphatic carbocycles. The van der Waals surface area contributed by atoms with E-state index < -0.39 is 0 Å². The first-order valence-electron chi connectivity index (χ1n) is 7.27. The minimum absolute atomic E-state index is 0.644. The Hall–Kier alpha value is -0.240. The lowest BCUT2D eigenvalue weighted by Gasteiger charge is -2.35. The van der Waals surface area contributed by atoms with Crippen LogP contribution >= 0.6 is 23.2 Å². The van der Waals surface area contributed by atoms with E-state index in [-0.39, 0.29) is 0 Å². The Morgan fingerprint density at radius 1 is 1.21 bits per heavy atom. The van der Waals surface area contributed by atoms with Gasteiger partial charge in [0.15, 0.2) is 0 Å². The highest BCUT2D eigenvalue weighted by Crippen LogP contribution is 2.32. The standard InChI is InChI=1S/C16H23Cl2N/c1-3-19-16-7-4-11(2)8-13(16)9-12-5-6-14(17)15(18)10-12/h5-6,10-11,13,16,19H,3-4,7-9H2,1-2H3. The summed E-state index contributed by atoms with van der Waals surface area (Å²) in [5.74, 6) is 1.55. The van der Waals surface area contributed by atoms with Crippen molar-refractivity contribution in [1.82, 2.24) is 5.32 Å². The van der Waals surface area contributed by atoms with Crippen molar-refractivity contribution in [2.24, 2.45) is 11.8 Å². The third-order valence-electron chi connectivity index (χ3n) is 4.19. The minimum Gasteiger partial charge on any atom is -0.314 e. The molecule has 0 radical (unpaired) electrons. The molecule has 3 unspecified atom stereocenters. The van der Waals surface area contributed by atoms with Gasteiger partial charge >= 0.3 is 0 Å². The molecule has 0 aliphatic heterocycles. The average molecular weight is 300 g/mol. The predicted octanol–water partition coefficient (Wildman–Crippen LogP) is 4.95. The van der Waals surface area contributed by atoms with Crippen LogP contribution in [0.3, 0.4) is 0 Å². The topological polar surface area (TPSA) is 12.0 Å². The summed E-state index contributed by atoms with van der Waals surface area (Å²) in [6.07, 6.45) is 5.04. The first-order valence-corrected chi connectivity index (χ1v) is 8.03. The van der Waals surface area contributed by atoms with Crippen molar-refractivity contribution in [3.8, 4) is 0 Å². The smallest absolute Gasteiger partial charge is 0.0595 e. The molecular weight excluding hydrogens is 277 g/mol. The van der Waals surface area contributed by atoms with E-state index in [0.29, 0.717) is 22.0 Å². The zero-order valence-corrected chi connectivity index (χ0v) is 13.3. The molecule has 1 fully saturated rings. The van der Waals surface area contributed by atoms with Gasteiger partial charge < -0.3 is 5.32 Å². The second kappa shape index (κ2) is 6.97. The number of benzene rings is 1. The van der Waals surface area contributed by atoms with Gasteiger partial charge in [-0.1, -0.05) is 43.1 Å². The van der Waals surface area contributed by atoms with Gasteiger partial charge in [-0.05, 0) is 61.8 Å². The van der Waals surface area contributed by atoms with E-state index in [1.54, 1.807) is 0 Å². The van der Waals surface area contributed by atoms with Crippen LogP contribution in [0, 0.1) is 11.8 Å². The van der Waals surface area contributed by atoms with E-state index in [4.69, 9.17) is 23.2 Å². The van der Waals surface area contributed by atoms with Crippen molar-refractivity contribution in [1.29, 1.82) is 0 Å². The van der Waals surface area contributed by atoms with E-state index in [9.17, 15) is 0 Å². The van der Waals surface area contributed by atoms with E-state index in [1.165, 1.54) is 24.8 Å². The summed E-state index contributed by atoms with van der Waals surface area (Å²) >= 11 is 12.1. The van der Waals surface area contributed by atoms with Gasteiger partial charge in [0.2, 0.25) is 0 Å². The molecular formula is C16H23Cl2N. The van der Waals surface area contributed by atoms with E-state index in [1.807, 2.05) is 12.1 Å². The maximum atomic E-state index is 6.11. The van der Waals surface area contributed by atoms with Crippen LogP contribution in [0.25, 0.3) is 0 Å². The van der Waals surface area contributed by atoms with Crippen LogP contribution in [-0.4, -0.2) is 12.6 Å². The lowest BCUT2D eigenvalue weighted by molar-refractivity contribution is 0.214. The quantitative estimate of drug-likeness (QED) is 0.829. The maximum absolute atomic E-state index is 6.11. The monoisotopic (exact) mass is 299 g/mol. The molecule has 0 aromatic heterocycles. The molecule has 2 rings (SSSR count). The summed E-state index contributed by atoms with van der Waals surface area (Å²) in [4.78, 5) is 0. The maximum Gasteiger partial charge on any atom is 0.0595 e. The molecule has 0 saturated heterocycles. The minimum atomic E-state index is 0.644. The fraction of sp³-hybridized carbons (Fsp3) is 0.625. The Morgan fingerprint density at radius 2 is 2.00 bits per heavy atom. The number of halogens is 2. The Balaban J connectivity index is 2.07. The first-order chi connectivity index (χ1) is 9.10. The van der Waals surface area contributed by atoms with Crippen LogP contribution < -0.4 is 5.32 Å². The molecule has 1 aromatic rings. The Labute approximate surface area is 126 Å². The van der Waals surface area contributed by atoms with E-state index in [2.05, 4.69) is 25.2 Å². The van der Waals surface area contributed by atoms with Crippen LogP contribution in [0.1, 0.15) is 38.7 Å². The summed E-state index contributed by atoms with van der Waals surface area (Å²) in [7, 11) is 0. The molecule has 106 valence electrons. The number of rotatable bonds is 4. The van der Waals surface area contributed by atoms with Crippen molar-refractivity contribution < 1.29 is 0 Å². The Kier molecular flexibility index (Phi) is 5.56. The lowest BCUT2D eigenvalue weighted by atomic mass is 9.76. The van der Waals surface area contributed by atoms with Gasteiger partial charge in [0.1, 0.15) is 0 Å². The van der Waals surface area contributed by atoms with Gasteiger partial charge in [-0.25, -0.2) is 0 Å². The molecule has 1 aliphatic rings. The third-order valence-corrected chi connectivity index (χ3v) is 4.93. The largest absolute Gasteiger partial charge is 0.314 e. The fourth-order valence-electron chi connectivity index (χ4n) is 3.22. The summed E-state index contributed by atoms with van der Waals surface area (Å²) in [6, 6.07) is 6.69. The van der Waals surface area contributed by atoms with Gasteiger partial charge in [0.25, 0.3) is 0 Å². The molecule has 1 nitrogen and oxygen atoms in total. The van der Waals surface area contributed by atoms with Crippen LogP contribution in [0.4, 0.5) is 0 Å². The Morgan fingerprint density at radius 3 is 2.68 bits per heavy atom. The van der Waals surface area contributed by atoms with Crippen LogP contribution in [0.5, 0.6) is 0 Å². The molecule has 19 heavy (non-hydrogen) atoms. The molecule has 0 heterocycles. The average Bonchev–Trinajstić information content (AvgIpc) is 2.37. The highest BCUT2D eigenvalue weighted by Gasteiger charge is 2.28. The molecule has 1 aromatic carbocycles. The van der Waals surface area contributed by atoms with Crippen molar-refractivity contribution >= 4 is 23.2 Å². The fourth-order valence-corrected chi connectivity index (χ4v) is 3.55. The number of nitrogens with one attached hydrogen (secondary N) is 1. The number of hydrogen-bond donors (Lipinski definition) is 1. The summed E-state index contributed by atoms with van der Waals surface area (Å²) in [5.41, 5.74) is 1.30. The highest BCUT2D eigenvalue weighted by molar-refractivity contribution is 6.42. The third kappa shape index (κ3) is 4.11. The van der Waals surface area contributed by atoms with E-state index >= 15 is 0 Å². The van der Waals surface area contributed by atoms with Crippen LogP contribution in [-0.2, 0) is 6.42 Å².